The molecule has 0 saturated carbocycles. The molecule has 0 unspecified atom stereocenters. The second-order valence-electron chi connectivity index (χ2n) is 8.38. The van der Waals surface area contributed by atoms with E-state index < -0.39 is 10.9 Å². The number of ether oxygens (including phenoxy) is 3. The third-order valence-electron chi connectivity index (χ3n) is 5.69. The highest BCUT2D eigenvalue weighted by atomic mass is 127. The van der Waals surface area contributed by atoms with E-state index in [1.807, 2.05) is 6.07 Å². The molecular weight excluding hydrogens is 649 g/mol. The molecule has 0 N–H and O–H groups in total. The van der Waals surface area contributed by atoms with Gasteiger partial charge >= 0.3 is 5.97 Å². The smallest absolute Gasteiger partial charge is 0.338 e. The molecule has 10 nitrogen and oxygen atoms in total. The molecule has 0 aromatic heterocycles. The number of halogens is 1. The Bertz CT molecular complexity index is 1510. The van der Waals surface area contributed by atoms with E-state index in [9.17, 15) is 19.7 Å². The van der Waals surface area contributed by atoms with E-state index in [1.54, 1.807) is 62.5 Å². The highest BCUT2D eigenvalue weighted by Gasteiger charge is 2.30. The van der Waals surface area contributed by atoms with Gasteiger partial charge in [0.2, 0.25) is 0 Å². The monoisotopic (exact) mass is 673 g/mol. The van der Waals surface area contributed by atoms with Gasteiger partial charge in [-0.25, -0.2) is 9.79 Å². The van der Waals surface area contributed by atoms with Crippen molar-refractivity contribution in [3.63, 3.8) is 0 Å². The summed E-state index contributed by atoms with van der Waals surface area (Å²) in [4.78, 5) is 41.8. The van der Waals surface area contributed by atoms with Crippen LogP contribution in [0.3, 0.4) is 0 Å². The van der Waals surface area contributed by atoms with Crippen molar-refractivity contribution in [2.45, 2.75) is 13.5 Å². The Hall–Kier alpha value is -3.91. The van der Waals surface area contributed by atoms with Crippen LogP contribution in [0.1, 0.15) is 28.4 Å². The normalized spacial score (nSPS) is 15.0. The van der Waals surface area contributed by atoms with Crippen LogP contribution in [0.2, 0.25) is 0 Å². The molecule has 206 valence electrons. The van der Waals surface area contributed by atoms with Crippen LogP contribution < -0.4 is 9.47 Å². The molecule has 0 atom stereocenters. The molecule has 1 amide bonds. The van der Waals surface area contributed by atoms with E-state index in [4.69, 9.17) is 14.2 Å². The summed E-state index contributed by atoms with van der Waals surface area (Å²) < 4.78 is 17.3. The molecule has 0 aliphatic carbocycles. The van der Waals surface area contributed by atoms with Gasteiger partial charge in [-0.05, 0) is 107 Å². The predicted octanol–water partition coefficient (Wildman–Crippen LogP) is 6.20. The summed E-state index contributed by atoms with van der Waals surface area (Å²) in [5.74, 6) is 0.418. The van der Waals surface area contributed by atoms with Crippen LogP contribution in [0.25, 0.3) is 6.08 Å². The number of hydrogen-bond acceptors (Lipinski definition) is 9. The number of carbonyl (C=O) groups excluding carboxylic acids is 2. The Kier molecular flexibility index (Phi) is 9.42. The molecule has 0 bridgehead atoms. The Morgan fingerprint density at radius 2 is 1.85 bits per heavy atom. The van der Waals surface area contributed by atoms with Crippen molar-refractivity contribution in [2.24, 2.45) is 4.99 Å². The fourth-order valence-electron chi connectivity index (χ4n) is 3.63. The first-order valence-corrected chi connectivity index (χ1v) is 13.9. The number of nitro groups is 1. The minimum Gasteiger partial charge on any atom is -0.493 e. The van der Waals surface area contributed by atoms with E-state index in [0.29, 0.717) is 39.4 Å². The number of hydrogen-bond donors (Lipinski definition) is 0. The molecule has 4 rings (SSSR count). The van der Waals surface area contributed by atoms with Crippen LogP contribution in [-0.2, 0) is 16.1 Å². The van der Waals surface area contributed by atoms with Crippen molar-refractivity contribution in [1.29, 1.82) is 0 Å². The number of esters is 1. The van der Waals surface area contributed by atoms with Gasteiger partial charge in [-0.3, -0.25) is 19.8 Å². The topological polar surface area (TPSA) is 121 Å². The predicted molar refractivity (Wildman–Crippen MR) is 161 cm³/mol. The largest absolute Gasteiger partial charge is 0.493 e. The van der Waals surface area contributed by atoms with Gasteiger partial charge in [0.05, 0.1) is 38.4 Å². The molecule has 1 heterocycles. The molecule has 40 heavy (non-hydrogen) atoms. The van der Waals surface area contributed by atoms with Crippen LogP contribution in [0.15, 0.2) is 70.6 Å². The lowest BCUT2D eigenvalue weighted by molar-refractivity contribution is -0.384. The number of nitrogens with zero attached hydrogens (tertiary/aromatic N) is 3. The number of non-ortho nitro benzene ring substituents is 1. The zero-order valence-electron chi connectivity index (χ0n) is 21.8. The average molecular weight is 673 g/mol. The van der Waals surface area contributed by atoms with Gasteiger partial charge in [-0.1, -0.05) is 0 Å². The molecule has 3 aromatic rings. The minimum absolute atomic E-state index is 0.0124. The number of amidine groups is 1. The maximum atomic E-state index is 13.0. The lowest BCUT2D eigenvalue weighted by atomic mass is 10.1. The van der Waals surface area contributed by atoms with Crippen LogP contribution in [0, 0.1) is 13.7 Å². The summed E-state index contributed by atoms with van der Waals surface area (Å²) in [6, 6.07) is 16.5. The van der Waals surface area contributed by atoms with Crippen LogP contribution >= 0.6 is 34.4 Å². The molecule has 0 radical (unpaired) electrons. The number of likely N-dealkylation sites (N-methyl/N-ethyl adjacent to an activating group) is 1. The first kappa shape index (κ1) is 29.1. The average Bonchev–Trinajstić information content (AvgIpc) is 3.20. The molecule has 1 aliphatic heterocycles. The van der Waals surface area contributed by atoms with E-state index >= 15 is 0 Å². The molecule has 12 heteroatoms. The summed E-state index contributed by atoms with van der Waals surface area (Å²) in [7, 11) is 3.18. The van der Waals surface area contributed by atoms with E-state index in [0.717, 1.165) is 14.7 Å². The van der Waals surface area contributed by atoms with E-state index in [-0.39, 0.29) is 18.2 Å². The second-order valence-corrected chi connectivity index (χ2v) is 10.6. The van der Waals surface area contributed by atoms with E-state index in [2.05, 4.69) is 27.6 Å². The van der Waals surface area contributed by atoms with Gasteiger partial charge in [0.15, 0.2) is 16.7 Å². The number of benzene rings is 3. The maximum absolute atomic E-state index is 13.0. The standard InChI is InChI=1S/C28H24IN3O7S/c1-4-38-27(34)19-7-9-20(10-8-19)30-28-31(2)26(33)24(40-28)15-18-13-22(29)25(23(14-18)37-3)39-16-17-5-11-21(12-6-17)32(35)36/h5-15H,4,16H2,1-3H3/b24-15-,30-28?. The number of methoxy groups -OCH3 is 1. The fourth-order valence-corrected chi connectivity index (χ4v) is 5.40. The van der Waals surface area contributed by atoms with Crippen molar-refractivity contribution in [2.75, 3.05) is 20.8 Å². The van der Waals surface area contributed by atoms with Crippen molar-refractivity contribution in [3.8, 4) is 11.5 Å². The number of aliphatic imine (C=N–C) groups is 1. The van der Waals surface area contributed by atoms with Crippen LogP contribution in [0.4, 0.5) is 11.4 Å². The SMILES string of the molecule is CCOC(=O)c1ccc(N=C2S/C(=C\c3cc(I)c(OCc4ccc([N+](=O)[O-])cc4)c(OC)c3)C(=O)N2C)cc1. The molecule has 0 spiro atoms. The zero-order chi connectivity index (χ0) is 28.8. The van der Waals surface area contributed by atoms with Crippen LogP contribution in [0.5, 0.6) is 11.5 Å². The molecule has 1 saturated heterocycles. The van der Waals surface area contributed by atoms with Gasteiger partial charge in [-0.15, -0.1) is 0 Å². The summed E-state index contributed by atoms with van der Waals surface area (Å²) in [5, 5.41) is 11.4. The summed E-state index contributed by atoms with van der Waals surface area (Å²) in [6.07, 6.45) is 1.76. The van der Waals surface area contributed by atoms with Crippen molar-refractivity contribution in [1.82, 2.24) is 4.90 Å². The fraction of sp³-hybridized carbons (Fsp3) is 0.179. The lowest BCUT2D eigenvalue weighted by Gasteiger charge is -2.14. The lowest BCUT2D eigenvalue weighted by Crippen LogP contribution is -2.23. The van der Waals surface area contributed by atoms with Gasteiger partial charge in [-0.2, -0.15) is 0 Å². The summed E-state index contributed by atoms with van der Waals surface area (Å²) in [5.41, 5.74) is 2.56. The highest BCUT2D eigenvalue weighted by Crippen LogP contribution is 2.38. The Morgan fingerprint density at radius 1 is 1.15 bits per heavy atom. The van der Waals surface area contributed by atoms with Crippen molar-refractivity contribution in [3.05, 3.63) is 95.9 Å². The van der Waals surface area contributed by atoms with Crippen LogP contribution in [-0.4, -0.2) is 47.6 Å². The summed E-state index contributed by atoms with van der Waals surface area (Å²) >= 11 is 3.38. The molecule has 3 aromatic carbocycles. The molecule has 1 fully saturated rings. The number of nitro benzene ring substituents is 1. The Morgan fingerprint density at radius 3 is 2.48 bits per heavy atom. The Balaban J connectivity index is 1.51. The van der Waals surface area contributed by atoms with Crippen molar-refractivity contribution >= 4 is 68.8 Å². The van der Waals surface area contributed by atoms with Crippen molar-refractivity contribution < 1.29 is 28.7 Å². The third-order valence-corrected chi connectivity index (χ3v) is 7.55. The van der Waals surface area contributed by atoms with Gasteiger partial charge in [0, 0.05) is 19.2 Å². The molecule has 1 aliphatic rings. The number of thioether (sulfide) groups is 1. The van der Waals surface area contributed by atoms with Gasteiger partial charge < -0.3 is 14.2 Å². The Labute approximate surface area is 248 Å². The quantitative estimate of drug-likeness (QED) is 0.0867. The first-order chi connectivity index (χ1) is 19.2. The number of rotatable bonds is 9. The van der Waals surface area contributed by atoms with E-state index in [1.165, 1.54) is 35.9 Å². The summed E-state index contributed by atoms with van der Waals surface area (Å²) in [6.45, 7) is 2.24. The highest BCUT2D eigenvalue weighted by molar-refractivity contribution is 14.1. The molecular formula is C28H24IN3O7S. The zero-order valence-corrected chi connectivity index (χ0v) is 24.7. The number of amides is 1. The van der Waals surface area contributed by atoms with Gasteiger partial charge in [0.1, 0.15) is 6.61 Å². The van der Waals surface area contributed by atoms with Gasteiger partial charge in [0.25, 0.3) is 11.6 Å². The third kappa shape index (κ3) is 6.80. The second kappa shape index (κ2) is 13.0. The maximum Gasteiger partial charge on any atom is 0.338 e. The first-order valence-electron chi connectivity index (χ1n) is 12.0. The number of carbonyl (C=O) groups is 2. The minimum atomic E-state index is -0.450.